The third-order valence-corrected chi connectivity index (χ3v) is 7.30. The third kappa shape index (κ3) is 4.62. The van der Waals surface area contributed by atoms with Gasteiger partial charge in [0.25, 0.3) is 0 Å². The van der Waals surface area contributed by atoms with Gasteiger partial charge in [0.1, 0.15) is 0 Å². The molecule has 5 nitrogen and oxygen atoms in total. The summed E-state index contributed by atoms with van der Waals surface area (Å²) in [5.41, 5.74) is 3.59. The molecule has 6 heteroatoms. The summed E-state index contributed by atoms with van der Waals surface area (Å²) < 4.78 is 27.5. The molecule has 1 N–H and O–H groups in total. The first-order valence-corrected chi connectivity index (χ1v) is 11.3. The minimum Gasteiger partial charge on any atom is -0.377 e. The Morgan fingerprint density at radius 1 is 1.00 bits per heavy atom. The lowest BCUT2D eigenvalue weighted by Crippen LogP contribution is -2.32. The van der Waals surface area contributed by atoms with Crippen LogP contribution in [0.25, 0.3) is 0 Å². The second-order valence-corrected chi connectivity index (χ2v) is 9.31. The van der Waals surface area contributed by atoms with Gasteiger partial charge in [-0.2, -0.15) is 4.31 Å². The van der Waals surface area contributed by atoms with Crippen LogP contribution < -0.4 is 5.32 Å². The molecular formula is C22H28N2O3S. The maximum absolute atomic E-state index is 13.0. The van der Waals surface area contributed by atoms with Crippen molar-refractivity contribution in [1.82, 2.24) is 4.31 Å². The molecule has 2 aromatic rings. The quantitative estimate of drug-likeness (QED) is 0.740. The van der Waals surface area contributed by atoms with Crippen molar-refractivity contribution in [3.05, 3.63) is 59.2 Å². The highest BCUT2D eigenvalue weighted by atomic mass is 32.2. The largest absolute Gasteiger partial charge is 0.377 e. The molecule has 2 aromatic carbocycles. The first-order chi connectivity index (χ1) is 13.4. The number of ketones is 1. The number of nitrogens with zero attached hydrogens (tertiary/aromatic N) is 1. The zero-order chi connectivity index (χ0) is 20.1. The molecule has 3 rings (SSSR count). The maximum atomic E-state index is 13.0. The van der Waals surface area contributed by atoms with Crippen LogP contribution in [0, 0.1) is 13.8 Å². The molecule has 0 amide bonds. The van der Waals surface area contributed by atoms with Crippen molar-refractivity contribution in [3.63, 3.8) is 0 Å². The van der Waals surface area contributed by atoms with Crippen LogP contribution >= 0.6 is 0 Å². The number of carbonyl (C=O) groups is 1. The van der Waals surface area contributed by atoms with Crippen LogP contribution in [0.2, 0.25) is 0 Å². The number of hydrogen-bond donors (Lipinski definition) is 1. The van der Waals surface area contributed by atoms with E-state index in [1.165, 1.54) is 6.07 Å². The van der Waals surface area contributed by atoms with Crippen molar-refractivity contribution in [1.29, 1.82) is 0 Å². The highest BCUT2D eigenvalue weighted by Gasteiger charge is 2.25. The summed E-state index contributed by atoms with van der Waals surface area (Å²) in [5, 5.41) is 3.17. The Morgan fingerprint density at radius 2 is 1.68 bits per heavy atom. The van der Waals surface area contributed by atoms with Gasteiger partial charge in [0.15, 0.2) is 5.78 Å². The molecule has 1 heterocycles. The predicted octanol–water partition coefficient (Wildman–Crippen LogP) is 4.16. The molecule has 150 valence electrons. The lowest BCUT2D eigenvalue weighted by Gasteiger charge is -2.20. The summed E-state index contributed by atoms with van der Waals surface area (Å²) in [6, 6.07) is 12.3. The van der Waals surface area contributed by atoms with Gasteiger partial charge in [-0.25, -0.2) is 8.42 Å². The molecule has 1 aliphatic rings. The Kier molecular flexibility index (Phi) is 6.52. The summed E-state index contributed by atoms with van der Waals surface area (Å²) in [7, 11) is -3.56. The van der Waals surface area contributed by atoms with E-state index >= 15 is 0 Å². The molecule has 0 unspecified atom stereocenters. The topological polar surface area (TPSA) is 66.5 Å². The number of rotatable bonds is 6. The molecule has 0 radical (unpaired) electrons. The van der Waals surface area contributed by atoms with E-state index in [2.05, 4.69) is 5.32 Å². The van der Waals surface area contributed by atoms with Crippen LogP contribution in [-0.2, 0) is 10.0 Å². The standard InChI is InChI=1S/C22H28N2O3S/c1-17-9-7-12-21(18(17)2)23-16-22(25)19-10-8-11-20(15-19)28(26,27)24-13-5-3-4-6-14-24/h7-12,15,23H,3-6,13-14,16H2,1-2H3. The summed E-state index contributed by atoms with van der Waals surface area (Å²) in [6.07, 6.45) is 3.90. The van der Waals surface area contributed by atoms with Crippen molar-refractivity contribution >= 4 is 21.5 Å². The summed E-state index contributed by atoms with van der Waals surface area (Å²) in [5.74, 6) is -0.131. The zero-order valence-electron chi connectivity index (χ0n) is 16.6. The van der Waals surface area contributed by atoms with Gasteiger partial charge in [0.05, 0.1) is 11.4 Å². The van der Waals surface area contributed by atoms with E-state index in [4.69, 9.17) is 0 Å². The number of Topliss-reactive ketones (excluding diaryl/α,β-unsaturated/α-hetero) is 1. The molecule has 0 bridgehead atoms. The van der Waals surface area contributed by atoms with Gasteiger partial charge in [0.2, 0.25) is 10.0 Å². The average molecular weight is 401 g/mol. The summed E-state index contributed by atoms with van der Waals surface area (Å²) in [6.45, 7) is 5.26. The number of aryl methyl sites for hydroxylation is 1. The smallest absolute Gasteiger partial charge is 0.243 e. The predicted molar refractivity (Wildman–Crippen MR) is 112 cm³/mol. The first kappa shape index (κ1) is 20.6. The minimum atomic E-state index is -3.56. The van der Waals surface area contributed by atoms with Gasteiger partial charge >= 0.3 is 0 Å². The molecule has 0 spiro atoms. The molecule has 28 heavy (non-hydrogen) atoms. The van der Waals surface area contributed by atoms with Crippen molar-refractivity contribution in [2.45, 2.75) is 44.4 Å². The van der Waals surface area contributed by atoms with Crippen molar-refractivity contribution < 1.29 is 13.2 Å². The normalized spacial score (nSPS) is 15.8. The Morgan fingerprint density at radius 3 is 2.39 bits per heavy atom. The van der Waals surface area contributed by atoms with Gasteiger partial charge in [-0.15, -0.1) is 0 Å². The van der Waals surface area contributed by atoms with E-state index in [9.17, 15) is 13.2 Å². The number of anilines is 1. The molecule has 0 atom stereocenters. The highest BCUT2D eigenvalue weighted by Crippen LogP contribution is 2.22. The summed E-state index contributed by atoms with van der Waals surface area (Å²) >= 11 is 0. The van der Waals surface area contributed by atoms with Crippen LogP contribution in [-0.4, -0.2) is 38.1 Å². The fourth-order valence-electron chi connectivity index (χ4n) is 3.48. The lowest BCUT2D eigenvalue weighted by atomic mass is 10.1. The molecule has 0 saturated carbocycles. The number of nitrogens with one attached hydrogen (secondary N) is 1. The van der Waals surface area contributed by atoms with Crippen LogP contribution in [0.5, 0.6) is 0 Å². The van der Waals surface area contributed by atoms with Crippen molar-refractivity contribution in [3.8, 4) is 0 Å². The van der Waals surface area contributed by atoms with Gasteiger partial charge in [-0.05, 0) is 56.0 Å². The van der Waals surface area contributed by atoms with Gasteiger partial charge in [-0.3, -0.25) is 4.79 Å². The maximum Gasteiger partial charge on any atom is 0.243 e. The minimum absolute atomic E-state index is 0.123. The van der Waals surface area contributed by atoms with E-state index in [0.717, 1.165) is 42.5 Å². The van der Waals surface area contributed by atoms with Crippen LogP contribution in [0.3, 0.4) is 0 Å². The average Bonchev–Trinajstić information content (AvgIpc) is 2.99. The van der Waals surface area contributed by atoms with Crippen LogP contribution in [0.1, 0.15) is 47.2 Å². The molecule has 1 saturated heterocycles. The fraction of sp³-hybridized carbons (Fsp3) is 0.409. The number of hydrogen-bond acceptors (Lipinski definition) is 4. The highest BCUT2D eigenvalue weighted by molar-refractivity contribution is 7.89. The number of sulfonamides is 1. The van der Waals surface area contributed by atoms with Gasteiger partial charge < -0.3 is 5.32 Å². The molecule has 0 aliphatic carbocycles. The lowest BCUT2D eigenvalue weighted by molar-refractivity contribution is 0.101. The van der Waals surface area contributed by atoms with E-state index in [1.54, 1.807) is 22.5 Å². The number of carbonyl (C=O) groups excluding carboxylic acids is 1. The van der Waals surface area contributed by atoms with Gasteiger partial charge in [0, 0.05) is 24.3 Å². The summed E-state index contributed by atoms with van der Waals surface area (Å²) in [4.78, 5) is 12.9. The first-order valence-electron chi connectivity index (χ1n) is 9.83. The van der Waals surface area contributed by atoms with Crippen molar-refractivity contribution in [2.24, 2.45) is 0 Å². The number of benzene rings is 2. The second-order valence-electron chi connectivity index (χ2n) is 7.37. The van der Waals surface area contributed by atoms with Crippen LogP contribution in [0.15, 0.2) is 47.4 Å². The second kappa shape index (κ2) is 8.88. The molecule has 1 fully saturated rings. The van der Waals surface area contributed by atoms with E-state index in [-0.39, 0.29) is 17.2 Å². The Bertz CT molecular complexity index is 946. The molecular weight excluding hydrogens is 372 g/mol. The van der Waals surface area contributed by atoms with E-state index in [0.29, 0.717) is 18.7 Å². The zero-order valence-corrected chi connectivity index (χ0v) is 17.4. The molecule has 1 aliphatic heterocycles. The van der Waals surface area contributed by atoms with Gasteiger partial charge in [-0.1, -0.05) is 37.1 Å². The Hall–Kier alpha value is -2.18. The molecule has 0 aromatic heterocycles. The van der Waals surface area contributed by atoms with E-state index < -0.39 is 10.0 Å². The Labute approximate surface area is 167 Å². The third-order valence-electron chi connectivity index (χ3n) is 5.40. The SMILES string of the molecule is Cc1cccc(NCC(=O)c2cccc(S(=O)(=O)N3CCCCCC3)c2)c1C. The fourth-order valence-corrected chi connectivity index (χ4v) is 5.04. The Balaban J connectivity index is 1.75. The van der Waals surface area contributed by atoms with Crippen LogP contribution in [0.4, 0.5) is 5.69 Å². The van der Waals surface area contributed by atoms with E-state index in [1.807, 2.05) is 32.0 Å². The monoisotopic (exact) mass is 400 g/mol. The van der Waals surface area contributed by atoms with Crippen molar-refractivity contribution in [2.75, 3.05) is 25.0 Å².